The maximum Gasteiger partial charge on any atom is 0.327 e. The molecule has 0 radical (unpaired) electrons. The second-order valence-electron chi connectivity index (χ2n) is 4.44. The van der Waals surface area contributed by atoms with Gasteiger partial charge >= 0.3 is 11.8 Å². The number of likely N-dealkylation sites (N-methyl/N-ethyl adjacent to an activating group) is 1. The number of nitrogens with zero attached hydrogens (tertiary/aromatic N) is 1. The van der Waals surface area contributed by atoms with E-state index in [9.17, 15) is 14.4 Å². The molecule has 0 bridgehead atoms. The number of rotatable bonds is 6. The first-order valence-corrected chi connectivity index (χ1v) is 7.16. The van der Waals surface area contributed by atoms with Crippen LogP contribution in [-0.2, 0) is 14.4 Å². The predicted molar refractivity (Wildman–Crippen MR) is 82.7 cm³/mol. The Hall–Kier alpha value is -2.77. The summed E-state index contributed by atoms with van der Waals surface area (Å²) in [7, 11) is 1.55. The predicted octanol–water partition coefficient (Wildman–Crippen LogP) is 0.0898. The molecule has 0 saturated carbocycles. The molecular formula is C15H21N3O5. The largest absolute Gasteiger partial charge is 0.497 e. The van der Waals surface area contributed by atoms with E-state index in [1.54, 1.807) is 45.2 Å². The summed E-state index contributed by atoms with van der Waals surface area (Å²) in [6.45, 7) is 4.05. The first-order valence-electron chi connectivity index (χ1n) is 7.16. The summed E-state index contributed by atoms with van der Waals surface area (Å²) < 4.78 is 10.2. The maximum atomic E-state index is 11.7. The lowest BCUT2D eigenvalue weighted by molar-refractivity contribution is -0.146. The van der Waals surface area contributed by atoms with Crippen LogP contribution in [0.1, 0.15) is 13.8 Å². The highest BCUT2D eigenvalue weighted by Crippen LogP contribution is 2.16. The first-order chi connectivity index (χ1) is 11.0. The summed E-state index contributed by atoms with van der Waals surface area (Å²) in [5, 5.41) is 0. The van der Waals surface area contributed by atoms with Crippen molar-refractivity contribution < 1.29 is 23.9 Å². The molecule has 0 unspecified atom stereocenters. The third-order valence-electron chi connectivity index (χ3n) is 2.99. The molecule has 0 aliphatic carbocycles. The third-order valence-corrected chi connectivity index (χ3v) is 2.99. The smallest absolute Gasteiger partial charge is 0.327 e. The van der Waals surface area contributed by atoms with Crippen LogP contribution in [-0.4, -0.2) is 49.4 Å². The Kier molecular flexibility index (Phi) is 7.38. The van der Waals surface area contributed by atoms with Crippen LogP contribution in [0.25, 0.3) is 0 Å². The first kappa shape index (κ1) is 18.3. The molecule has 23 heavy (non-hydrogen) atoms. The molecule has 0 saturated heterocycles. The van der Waals surface area contributed by atoms with Crippen molar-refractivity contribution in [3.8, 4) is 11.5 Å². The average molecular weight is 323 g/mol. The van der Waals surface area contributed by atoms with E-state index in [0.717, 1.165) is 0 Å². The van der Waals surface area contributed by atoms with Crippen molar-refractivity contribution in [3.63, 3.8) is 0 Å². The molecule has 8 nitrogen and oxygen atoms in total. The van der Waals surface area contributed by atoms with Crippen LogP contribution in [0.2, 0.25) is 0 Å². The molecule has 126 valence electrons. The Morgan fingerprint density at radius 2 is 1.57 bits per heavy atom. The van der Waals surface area contributed by atoms with Crippen molar-refractivity contribution >= 4 is 17.7 Å². The van der Waals surface area contributed by atoms with Gasteiger partial charge in [0.05, 0.1) is 7.11 Å². The molecular weight excluding hydrogens is 302 g/mol. The number of hydrogen-bond acceptors (Lipinski definition) is 5. The average Bonchev–Trinajstić information content (AvgIpc) is 2.59. The van der Waals surface area contributed by atoms with Crippen molar-refractivity contribution in [2.24, 2.45) is 0 Å². The van der Waals surface area contributed by atoms with E-state index in [0.29, 0.717) is 24.6 Å². The quantitative estimate of drug-likeness (QED) is 0.571. The summed E-state index contributed by atoms with van der Waals surface area (Å²) in [5.41, 5.74) is 4.18. The topological polar surface area (TPSA) is 97.0 Å². The molecule has 3 amide bonds. The van der Waals surface area contributed by atoms with Crippen LogP contribution in [0.4, 0.5) is 0 Å². The van der Waals surface area contributed by atoms with E-state index in [1.165, 1.54) is 4.90 Å². The van der Waals surface area contributed by atoms with Gasteiger partial charge in [-0.3, -0.25) is 25.2 Å². The molecule has 1 aromatic carbocycles. The number of carbonyl (C=O) groups is 3. The molecule has 0 spiro atoms. The number of nitrogens with one attached hydrogen (secondary N) is 2. The molecule has 8 heteroatoms. The van der Waals surface area contributed by atoms with E-state index < -0.39 is 17.7 Å². The molecule has 0 atom stereocenters. The molecule has 1 rings (SSSR count). The second kappa shape index (κ2) is 9.29. The van der Waals surface area contributed by atoms with Gasteiger partial charge < -0.3 is 14.4 Å². The van der Waals surface area contributed by atoms with Gasteiger partial charge in [0, 0.05) is 13.1 Å². The lowest BCUT2D eigenvalue weighted by Crippen LogP contribution is -2.50. The van der Waals surface area contributed by atoms with Gasteiger partial charge in [-0.2, -0.15) is 0 Å². The Labute approximate surface area is 134 Å². The van der Waals surface area contributed by atoms with E-state index in [2.05, 4.69) is 10.9 Å². The van der Waals surface area contributed by atoms with Crippen LogP contribution in [0.5, 0.6) is 11.5 Å². The molecule has 1 aromatic rings. The van der Waals surface area contributed by atoms with Crippen LogP contribution < -0.4 is 20.3 Å². The van der Waals surface area contributed by atoms with Crippen LogP contribution in [0, 0.1) is 0 Å². The zero-order chi connectivity index (χ0) is 17.2. The molecule has 2 N–H and O–H groups in total. The van der Waals surface area contributed by atoms with Gasteiger partial charge in [0.15, 0.2) is 6.61 Å². The van der Waals surface area contributed by atoms with Gasteiger partial charge in [-0.15, -0.1) is 0 Å². The molecule has 0 aliphatic heterocycles. The maximum absolute atomic E-state index is 11.7. The van der Waals surface area contributed by atoms with E-state index >= 15 is 0 Å². The number of methoxy groups -OCH3 is 1. The van der Waals surface area contributed by atoms with Gasteiger partial charge in [-0.25, -0.2) is 0 Å². The molecule has 0 heterocycles. The highest BCUT2D eigenvalue weighted by Gasteiger charge is 2.19. The number of carbonyl (C=O) groups excluding carboxylic acids is 3. The molecule has 0 aromatic heterocycles. The van der Waals surface area contributed by atoms with Crippen LogP contribution in [0.3, 0.4) is 0 Å². The summed E-state index contributed by atoms with van der Waals surface area (Å²) in [6, 6.07) is 6.68. The molecule has 0 fully saturated rings. The summed E-state index contributed by atoms with van der Waals surface area (Å²) in [6.07, 6.45) is 0. The number of ether oxygens (including phenoxy) is 2. The third kappa shape index (κ3) is 5.85. The SMILES string of the molecule is CCN(CC)C(=O)C(=O)NNC(=O)COc1ccc(OC)cc1. The van der Waals surface area contributed by atoms with Crippen molar-refractivity contribution in [2.45, 2.75) is 13.8 Å². The zero-order valence-electron chi connectivity index (χ0n) is 13.4. The lowest BCUT2D eigenvalue weighted by atomic mass is 10.3. The van der Waals surface area contributed by atoms with Crippen molar-refractivity contribution in [1.29, 1.82) is 0 Å². The van der Waals surface area contributed by atoms with Gasteiger partial charge in [0.1, 0.15) is 11.5 Å². The van der Waals surface area contributed by atoms with Crippen LogP contribution >= 0.6 is 0 Å². The van der Waals surface area contributed by atoms with Gasteiger partial charge in [0.2, 0.25) is 0 Å². The van der Waals surface area contributed by atoms with Crippen molar-refractivity contribution in [3.05, 3.63) is 24.3 Å². The standard InChI is InChI=1S/C15H21N3O5/c1-4-18(5-2)15(21)14(20)17-16-13(19)10-23-12-8-6-11(22-3)7-9-12/h6-9H,4-5,10H2,1-3H3,(H,16,19)(H,17,20). The minimum atomic E-state index is -0.897. The zero-order valence-corrected chi connectivity index (χ0v) is 13.4. The highest BCUT2D eigenvalue weighted by atomic mass is 16.5. The monoisotopic (exact) mass is 323 g/mol. The number of hydrazine groups is 1. The van der Waals surface area contributed by atoms with Gasteiger partial charge in [-0.1, -0.05) is 0 Å². The Balaban J connectivity index is 2.36. The fourth-order valence-electron chi connectivity index (χ4n) is 1.69. The van der Waals surface area contributed by atoms with E-state index in [4.69, 9.17) is 9.47 Å². The molecule has 0 aliphatic rings. The second-order valence-corrected chi connectivity index (χ2v) is 4.44. The minimum Gasteiger partial charge on any atom is -0.497 e. The summed E-state index contributed by atoms with van der Waals surface area (Å²) >= 11 is 0. The Morgan fingerprint density at radius 3 is 2.09 bits per heavy atom. The van der Waals surface area contributed by atoms with Crippen molar-refractivity contribution in [1.82, 2.24) is 15.8 Å². The number of benzene rings is 1. The van der Waals surface area contributed by atoms with E-state index in [-0.39, 0.29) is 6.61 Å². The minimum absolute atomic E-state index is 0.300. The summed E-state index contributed by atoms with van der Waals surface area (Å²) in [5.74, 6) is -1.03. The van der Waals surface area contributed by atoms with Gasteiger partial charge in [-0.05, 0) is 38.1 Å². The highest BCUT2D eigenvalue weighted by molar-refractivity contribution is 6.35. The van der Waals surface area contributed by atoms with Crippen molar-refractivity contribution in [2.75, 3.05) is 26.8 Å². The van der Waals surface area contributed by atoms with E-state index in [1.807, 2.05) is 0 Å². The fraction of sp³-hybridized carbons (Fsp3) is 0.400. The number of amides is 3. The Bertz CT molecular complexity index is 541. The van der Waals surface area contributed by atoms with Crippen LogP contribution in [0.15, 0.2) is 24.3 Å². The Morgan fingerprint density at radius 1 is 1.00 bits per heavy atom. The number of hydrogen-bond donors (Lipinski definition) is 2. The lowest BCUT2D eigenvalue weighted by Gasteiger charge is -2.17. The fourth-order valence-corrected chi connectivity index (χ4v) is 1.69. The normalized spacial score (nSPS) is 9.70. The summed E-state index contributed by atoms with van der Waals surface area (Å²) in [4.78, 5) is 36.2. The van der Waals surface area contributed by atoms with Gasteiger partial charge in [0.25, 0.3) is 5.91 Å².